The molecule has 0 bridgehead atoms. The fourth-order valence-electron chi connectivity index (χ4n) is 4.33. The number of rotatable bonds is 4. The van der Waals surface area contributed by atoms with Gasteiger partial charge in [0.2, 0.25) is 11.8 Å². The topological polar surface area (TPSA) is 114 Å². The van der Waals surface area contributed by atoms with Gasteiger partial charge in [-0.1, -0.05) is 12.1 Å². The Morgan fingerprint density at radius 3 is 2.85 bits per heavy atom. The summed E-state index contributed by atoms with van der Waals surface area (Å²) in [6.07, 6.45) is 0.280. The Morgan fingerprint density at radius 2 is 2.03 bits per heavy atom. The average molecular weight is 453 g/mol. The third kappa shape index (κ3) is 3.99. The van der Waals surface area contributed by atoms with E-state index in [0.717, 1.165) is 5.56 Å². The van der Waals surface area contributed by atoms with E-state index in [-0.39, 0.29) is 49.2 Å². The van der Waals surface area contributed by atoms with Crippen LogP contribution in [0.15, 0.2) is 30.3 Å². The number of ether oxygens (including phenoxy) is 2. The van der Waals surface area contributed by atoms with Crippen molar-refractivity contribution < 1.29 is 33.0 Å². The predicted octanol–water partition coefficient (Wildman–Crippen LogP) is 2.27. The van der Waals surface area contributed by atoms with Crippen molar-refractivity contribution in [2.24, 2.45) is 0 Å². The van der Waals surface area contributed by atoms with E-state index in [1.54, 1.807) is 24.3 Å². The van der Waals surface area contributed by atoms with Crippen molar-refractivity contribution >= 4 is 29.5 Å². The van der Waals surface area contributed by atoms with Gasteiger partial charge in [-0.25, -0.2) is 9.18 Å². The minimum Gasteiger partial charge on any atom is -0.490 e. The number of fused-ring (bicyclic) bond motifs is 2. The van der Waals surface area contributed by atoms with Crippen LogP contribution in [0.5, 0.6) is 5.75 Å². The normalized spacial score (nSPS) is 19.0. The van der Waals surface area contributed by atoms with Gasteiger partial charge in [-0.3, -0.25) is 25.0 Å². The fourth-order valence-corrected chi connectivity index (χ4v) is 4.33. The Balaban J connectivity index is 1.21. The van der Waals surface area contributed by atoms with Gasteiger partial charge in [-0.05, 0) is 29.7 Å². The molecule has 0 saturated carbocycles. The number of piperidine rings is 1. The van der Waals surface area contributed by atoms with Crippen molar-refractivity contribution in [1.29, 1.82) is 0 Å². The number of nitrogens with one attached hydrogen (secondary N) is 2. The maximum Gasteiger partial charge on any atom is 0.411 e. The van der Waals surface area contributed by atoms with Crippen LogP contribution < -0.4 is 15.4 Å². The number of halogens is 1. The molecule has 1 atom stereocenters. The molecule has 0 spiro atoms. The van der Waals surface area contributed by atoms with E-state index in [4.69, 9.17) is 9.47 Å². The molecule has 3 aliphatic rings. The van der Waals surface area contributed by atoms with Crippen LogP contribution in [0.3, 0.4) is 0 Å². The lowest BCUT2D eigenvalue weighted by molar-refractivity contribution is -0.136. The largest absolute Gasteiger partial charge is 0.490 e. The number of imide groups is 1. The second-order valence-electron chi connectivity index (χ2n) is 8.14. The molecule has 1 fully saturated rings. The van der Waals surface area contributed by atoms with Gasteiger partial charge in [0.1, 0.15) is 12.6 Å². The Bertz CT molecular complexity index is 1200. The third-order valence-electron chi connectivity index (χ3n) is 5.95. The number of benzene rings is 2. The molecule has 5 rings (SSSR count). The minimum absolute atomic E-state index is 0.0959. The van der Waals surface area contributed by atoms with Crippen LogP contribution in [-0.4, -0.2) is 41.4 Å². The highest BCUT2D eigenvalue weighted by molar-refractivity contribution is 6.05. The zero-order valence-electron chi connectivity index (χ0n) is 17.5. The molecule has 0 aliphatic carbocycles. The molecule has 9 nitrogen and oxygen atoms in total. The molecule has 3 heterocycles. The molecule has 0 radical (unpaired) electrons. The van der Waals surface area contributed by atoms with Gasteiger partial charge in [0, 0.05) is 42.3 Å². The van der Waals surface area contributed by atoms with Gasteiger partial charge >= 0.3 is 6.09 Å². The van der Waals surface area contributed by atoms with Crippen molar-refractivity contribution in [1.82, 2.24) is 10.2 Å². The fraction of sp³-hybridized carbons (Fsp3) is 0.304. The summed E-state index contributed by atoms with van der Waals surface area (Å²) < 4.78 is 24.5. The zero-order valence-corrected chi connectivity index (χ0v) is 17.5. The van der Waals surface area contributed by atoms with E-state index in [1.165, 1.54) is 11.0 Å². The van der Waals surface area contributed by atoms with Gasteiger partial charge in [-0.15, -0.1) is 0 Å². The van der Waals surface area contributed by atoms with Crippen LogP contribution in [-0.2, 0) is 33.9 Å². The lowest BCUT2D eigenvalue weighted by Crippen LogP contribution is -2.52. The molecular weight excluding hydrogens is 433 g/mol. The molecule has 170 valence electrons. The number of carbonyl (C=O) groups excluding carboxylic acids is 4. The molecule has 0 aromatic heterocycles. The summed E-state index contributed by atoms with van der Waals surface area (Å²) in [5.74, 6) is -1.45. The van der Waals surface area contributed by atoms with Gasteiger partial charge in [0.05, 0.1) is 6.61 Å². The lowest BCUT2D eigenvalue weighted by atomic mass is 10.0. The second kappa shape index (κ2) is 8.19. The van der Waals surface area contributed by atoms with Crippen LogP contribution >= 0.6 is 0 Å². The highest BCUT2D eigenvalue weighted by atomic mass is 19.1. The monoisotopic (exact) mass is 453 g/mol. The van der Waals surface area contributed by atoms with E-state index in [9.17, 15) is 23.6 Å². The van der Waals surface area contributed by atoms with Crippen LogP contribution in [0.2, 0.25) is 0 Å². The van der Waals surface area contributed by atoms with Crippen LogP contribution in [0, 0.1) is 5.82 Å². The highest BCUT2D eigenvalue weighted by Gasteiger charge is 2.39. The first-order chi connectivity index (χ1) is 15.9. The first-order valence-electron chi connectivity index (χ1n) is 10.5. The maximum atomic E-state index is 14.0. The maximum absolute atomic E-state index is 14.0. The minimum atomic E-state index is -0.759. The van der Waals surface area contributed by atoms with Gasteiger partial charge in [0.15, 0.2) is 11.6 Å². The smallest absolute Gasteiger partial charge is 0.411 e. The first-order valence-corrected chi connectivity index (χ1v) is 10.5. The SMILES string of the molecule is O=C1CCC(N2Cc3ccc(COC(=O)Nc4cc(F)c5c(c4)CCO5)cc3C2=O)C(=O)N1. The molecule has 1 saturated heterocycles. The Hall–Kier alpha value is -3.95. The zero-order chi connectivity index (χ0) is 23.1. The number of anilines is 1. The number of hydrogen-bond donors (Lipinski definition) is 2. The number of hydrogen-bond acceptors (Lipinski definition) is 6. The Kier molecular flexibility index (Phi) is 5.20. The lowest BCUT2D eigenvalue weighted by Gasteiger charge is -2.29. The van der Waals surface area contributed by atoms with E-state index in [2.05, 4.69) is 10.6 Å². The van der Waals surface area contributed by atoms with Crippen LogP contribution in [0.1, 0.15) is 39.9 Å². The molecule has 3 aliphatic heterocycles. The first kappa shape index (κ1) is 20.9. The summed E-state index contributed by atoms with van der Waals surface area (Å²) in [4.78, 5) is 50.0. The summed E-state index contributed by atoms with van der Waals surface area (Å²) in [5.41, 5.74) is 2.74. The van der Waals surface area contributed by atoms with Crippen LogP contribution in [0.4, 0.5) is 14.9 Å². The number of amides is 4. The van der Waals surface area contributed by atoms with Crippen molar-refractivity contribution in [2.75, 3.05) is 11.9 Å². The van der Waals surface area contributed by atoms with Crippen molar-refractivity contribution in [3.05, 3.63) is 58.4 Å². The van der Waals surface area contributed by atoms with E-state index in [0.29, 0.717) is 29.7 Å². The van der Waals surface area contributed by atoms with Crippen molar-refractivity contribution in [3.63, 3.8) is 0 Å². The summed E-state index contributed by atoms with van der Waals surface area (Å²) in [7, 11) is 0. The van der Waals surface area contributed by atoms with Gasteiger partial charge in [0.25, 0.3) is 5.91 Å². The van der Waals surface area contributed by atoms with Crippen molar-refractivity contribution in [3.8, 4) is 5.75 Å². The number of carbonyl (C=O) groups is 4. The summed E-state index contributed by atoms with van der Waals surface area (Å²) in [6.45, 7) is 0.579. The molecule has 10 heteroatoms. The van der Waals surface area contributed by atoms with Crippen molar-refractivity contribution in [2.45, 2.75) is 38.5 Å². The second-order valence-corrected chi connectivity index (χ2v) is 8.14. The van der Waals surface area contributed by atoms with E-state index >= 15 is 0 Å². The van der Waals surface area contributed by atoms with E-state index < -0.39 is 23.9 Å². The third-order valence-corrected chi connectivity index (χ3v) is 5.95. The molecule has 33 heavy (non-hydrogen) atoms. The predicted molar refractivity (Wildman–Crippen MR) is 112 cm³/mol. The van der Waals surface area contributed by atoms with Gasteiger partial charge in [-0.2, -0.15) is 0 Å². The quantitative estimate of drug-likeness (QED) is 0.687. The molecule has 2 N–H and O–H groups in total. The summed E-state index contributed by atoms with van der Waals surface area (Å²) in [6, 6.07) is 7.24. The standard InChI is InChI=1S/C23H20FN3O6/c24-17-9-15(8-13-5-6-32-20(13)17)25-23(31)33-11-12-1-2-14-10-27(22(30)16(14)7-12)18-3-4-19(28)26-21(18)29/h1-2,7-9,18H,3-6,10-11H2,(H,25,31)(H,26,28,29). The summed E-state index contributed by atoms with van der Waals surface area (Å²) in [5, 5.41) is 4.77. The molecule has 2 aromatic rings. The highest BCUT2D eigenvalue weighted by Crippen LogP contribution is 2.32. The molecule has 2 aromatic carbocycles. The molecule has 4 amide bonds. The Morgan fingerprint density at radius 1 is 1.18 bits per heavy atom. The molecular formula is C23H20FN3O6. The van der Waals surface area contributed by atoms with Crippen LogP contribution in [0.25, 0.3) is 0 Å². The van der Waals surface area contributed by atoms with E-state index in [1.807, 2.05) is 0 Å². The molecule has 1 unspecified atom stereocenters. The average Bonchev–Trinajstić information content (AvgIpc) is 3.37. The summed E-state index contributed by atoms with van der Waals surface area (Å²) >= 11 is 0. The number of nitrogens with zero attached hydrogens (tertiary/aromatic N) is 1. The Labute approximate surface area is 187 Å². The van der Waals surface area contributed by atoms with Gasteiger partial charge < -0.3 is 14.4 Å².